The molecule has 0 amide bonds. The van der Waals surface area contributed by atoms with Crippen LogP contribution in [0, 0.1) is 0 Å². The van der Waals surface area contributed by atoms with Crippen molar-refractivity contribution < 1.29 is 14.3 Å². The number of ketones is 1. The molecule has 0 spiro atoms. The first-order valence-electron chi connectivity index (χ1n) is 6.73. The molecule has 110 valence electrons. The van der Waals surface area contributed by atoms with E-state index in [0.29, 0.717) is 19.3 Å². The van der Waals surface area contributed by atoms with Crippen LogP contribution in [-0.2, 0) is 20.9 Å². The van der Waals surface area contributed by atoms with E-state index in [0.717, 1.165) is 5.56 Å². The van der Waals surface area contributed by atoms with Gasteiger partial charge >= 0.3 is 5.97 Å². The Bertz CT molecular complexity index is 434. The van der Waals surface area contributed by atoms with Crippen LogP contribution in [0.3, 0.4) is 0 Å². The van der Waals surface area contributed by atoms with Crippen LogP contribution in [0.25, 0.3) is 0 Å². The Labute approximate surface area is 119 Å². The highest BCUT2D eigenvalue weighted by molar-refractivity contribution is 5.81. The van der Waals surface area contributed by atoms with Crippen molar-refractivity contribution in [3.63, 3.8) is 0 Å². The Kier molecular flexibility index (Phi) is 6.90. The highest BCUT2D eigenvalue weighted by Gasteiger charge is 2.16. The molecule has 0 bridgehead atoms. The largest absolute Gasteiger partial charge is 0.460 e. The Morgan fingerprint density at radius 2 is 1.70 bits per heavy atom. The lowest BCUT2D eigenvalue weighted by molar-refractivity contribution is -0.146. The number of hydrogen-bond donors (Lipinski definition) is 2. The van der Waals surface area contributed by atoms with Gasteiger partial charge in [-0.1, -0.05) is 30.3 Å². The molecular weight excluding hydrogens is 256 g/mol. The maximum atomic E-state index is 11.7. The fourth-order valence-corrected chi connectivity index (χ4v) is 1.71. The average molecular weight is 278 g/mol. The van der Waals surface area contributed by atoms with E-state index in [1.807, 2.05) is 30.3 Å². The van der Waals surface area contributed by atoms with E-state index in [2.05, 4.69) is 0 Å². The maximum absolute atomic E-state index is 11.7. The van der Waals surface area contributed by atoms with Crippen LogP contribution in [0.1, 0.15) is 31.7 Å². The molecule has 0 aliphatic rings. The molecule has 0 aromatic heterocycles. The van der Waals surface area contributed by atoms with Crippen molar-refractivity contribution in [2.24, 2.45) is 11.5 Å². The van der Waals surface area contributed by atoms with Gasteiger partial charge in [-0.05, 0) is 31.7 Å². The maximum Gasteiger partial charge on any atom is 0.323 e. The fraction of sp³-hybridized carbons (Fsp3) is 0.467. The smallest absolute Gasteiger partial charge is 0.323 e. The van der Waals surface area contributed by atoms with Crippen LogP contribution < -0.4 is 11.5 Å². The first-order valence-corrected chi connectivity index (χ1v) is 6.73. The Hall–Kier alpha value is -1.72. The fourth-order valence-electron chi connectivity index (χ4n) is 1.71. The highest BCUT2D eigenvalue weighted by atomic mass is 16.5. The molecule has 0 aliphatic heterocycles. The zero-order valence-electron chi connectivity index (χ0n) is 11.7. The second-order valence-corrected chi connectivity index (χ2v) is 4.85. The first-order chi connectivity index (χ1) is 9.50. The lowest BCUT2D eigenvalue weighted by Gasteiger charge is -2.12. The third-order valence-electron chi connectivity index (χ3n) is 3.08. The number of benzene rings is 1. The van der Waals surface area contributed by atoms with Crippen molar-refractivity contribution in [3.05, 3.63) is 35.9 Å². The summed E-state index contributed by atoms with van der Waals surface area (Å²) in [5.41, 5.74) is 12.3. The molecule has 0 saturated carbocycles. The molecule has 0 radical (unpaired) electrons. The predicted octanol–water partition coefficient (Wildman–Crippen LogP) is 1.14. The van der Waals surface area contributed by atoms with Gasteiger partial charge in [0.2, 0.25) is 0 Å². The molecule has 0 heterocycles. The van der Waals surface area contributed by atoms with Gasteiger partial charge in [-0.3, -0.25) is 9.59 Å². The van der Waals surface area contributed by atoms with E-state index in [1.54, 1.807) is 0 Å². The number of ether oxygens (including phenoxy) is 1. The van der Waals surface area contributed by atoms with Gasteiger partial charge in [0.05, 0.1) is 6.04 Å². The van der Waals surface area contributed by atoms with Gasteiger partial charge in [0.25, 0.3) is 0 Å². The van der Waals surface area contributed by atoms with Crippen LogP contribution in [0.15, 0.2) is 30.3 Å². The molecule has 1 unspecified atom stereocenters. The standard InChI is InChI=1S/C15H22N2O3/c1-11(18)13(16)8-5-9-14(17)15(19)20-10-12-6-3-2-4-7-12/h2-4,6-7,13-14H,5,8-10,16-17H2,1H3/t13?,14-/m0/s1. The summed E-state index contributed by atoms with van der Waals surface area (Å²) in [4.78, 5) is 22.6. The molecule has 0 saturated heterocycles. The molecule has 5 heteroatoms. The molecular formula is C15H22N2O3. The normalized spacial score (nSPS) is 13.6. The minimum absolute atomic E-state index is 0.0507. The second-order valence-electron chi connectivity index (χ2n) is 4.85. The average Bonchev–Trinajstić information content (AvgIpc) is 2.45. The van der Waals surface area contributed by atoms with E-state index in [1.165, 1.54) is 6.92 Å². The van der Waals surface area contributed by atoms with Crippen LogP contribution in [0.5, 0.6) is 0 Å². The molecule has 20 heavy (non-hydrogen) atoms. The molecule has 1 rings (SSSR count). The molecule has 1 aromatic carbocycles. The van der Waals surface area contributed by atoms with Crippen LogP contribution in [0.2, 0.25) is 0 Å². The molecule has 0 aliphatic carbocycles. The lowest BCUT2D eigenvalue weighted by atomic mass is 10.0. The summed E-state index contributed by atoms with van der Waals surface area (Å²) in [6.45, 7) is 1.68. The van der Waals surface area contributed by atoms with Crippen molar-refractivity contribution >= 4 is 11.8 Å². The quantitative estimate of drug-likeness (QED) is 0.695. The summed E-state index contributed by atoms with van der Waals surface area (Å²) in [6.07, 6.45) is 1.63. The zero-order valence-corrected chi connectivity index (χ0v) is 11.7. The molecule has 5 nitrogen and oxygen atoms in total. The summed E-state index contributed by atoms with van der Waals surface area (Å²) >= 11 is 0. The number of rotatable bonds is 8. The van der Waals surface area contributed by atoms with Crippen molar-refractivity contribution in [2.45, 2.75) is 44.9 Å². The summed E-state index contributed by atoms with van der Waals surface area (Å²) < 4.78 is 5.13. The van der Waals surface area contributed by atoms with E-state index in [-0.39, 0.29) is 12.4 Å². The second kappa shape index (κ2) is 8.45. The predicted molar refractivity (Wildman–Crippen MR) is 76.7 cm³/mol. The van der Waals surface area contributed by atoms with E-state index in [4.69, 9.17) is 16.2 Å². The van der Waals surface area contributed by atoms with Crippen molar-refractivity contribution in [3.8, 4) is 0 Å². The highest BCUT2D eigenvalue weighted by Crippen LogP contribution is 2.06. The van der Waals surface area contributed by atoms with Crippen LogP contribution in [0.4, 0.5) is 0 Å². The first kappa shape index (κ1) is 16.3. The number of carbonyl (C=O) groups excluding carboxylic acids is 2. The van der Waals surface area contributed by atoms with Crippen molar-refractivity contribution in [2.75, 3.05) is 0 Å². The topological polar surface area (TPSA) is 95.4 Å². The Balaban J connectivity index is 2.24. The Morgan fingerprint density at radius 1 is 1.10 bits per heavy atom. The van der Waals surface area contributed by atoms with Gasteiger partial charge in [0.15, 0.2) is 0 Å². The van der Waals surface area contributed by atoms with Gasteiger partial charge in [-0.15, -0.1) is 0 Å². The van der Waals surface area contributed by atoms with Crippen molar-refractivity contribution in [1.82, 2.24) is 0 Å². The Morgan fingerprint density at radius 3 is 2.30 bits per heavy atom. The van der Waals surface area contributed by atoms with Crippen molar-refractivity contribution in [1.29, 1.82) is 0 Å². The molecule has 4 N–H and O–H groups in total. The van der Waals surface area contributed by atoms with Crippen LogP contribution >= 0.6 is 0 Å². The number of hydrogen-bond acceptors (Lipinski definition) is 5. The van der Waals surface area contributed by atoms with Gasteiger partial charge in [0, 0.05) is 0 Å². The minimum Gasteiger partial charge on any atom is -0.460 e. The van der Waals surface area contributed by atoms with Gasteiger partial charge in [-0.25, -0.2) is 0 Å². The lowest BCUT2D eigenvalue weighted by Crippen LogP contribution is -2.33. The summed E-state index contributed by atoms with van der Waals surface area (Å²) in [5, 5.41) is 0. The number of esters is 1. The third kappa shape index (κ3) is 5.95. The number of nitrogens with two attached hydrogens (primary N) is 2. The molecule has 1 aromatic rings. The summed E-state index contributed by atoms with van der Waals surface area (Å²) in [7, 11) is 0. The monoisotopic (exact) mass is 278 g/mol. The SMILES string of the molecule is CC(=O)C(N)CCC[C@H](N)C(=O)OCc1ccccc1. The van der Waals surface area contributed by atoms with Crippen LogP contribution in [-0.4, -0.2) is 23.8 Å². The molecule has 2 atom stereocenters. The van der Waals surface area contributed by atoms with Gasteiger partial charge < -0.3 is 16.2 Å². The van der Waals surface area contributed by atoms with Gasteiger partial charge in [-0.2, -0.15) is 0 Å². The van der Waals surface area contributed by atoms with E-state index in [9.17, 15) is 9.59 Å². The third-order valence-corrected chi connectivity index (χ3v) is 3.08. The summed E-state index contributed by atoms with van der Waals surface area (Å²) in [5.74, 6) is -0.476. The summed E-state index contributed by atoms with van der Waals surface area (Å²) in [6, 6.07) is 8.28. The number of carbonyl (C=O) groups is 2. The molecule has 0 fully saturated rings. The minimum atomic E-state index is -0.669. The zero-order chi connectivity index (χ0) is 15.0. The van der Waals surface area contributed by atoms with E-state index >= 15 is 0 Å². The van der Waals surface area contributed by atoms with Gasteiger partial charge in [0.1, 0.15) is 18.4 Å². The van der Waals surface area contributed by atoms with E-state index < -0.39 is 18.1 Å². The number of Topliss-reactive ketones (excluding diaryl/α,β-unsaturated/α-hetero) is 1.